The van der Waals surface area contributed by atoms with Crippen LogP contribution < -0.4 is 10.6 Å². The third-order valence-corrected chi connectivity index (χ3v) is 6.86. The van der Waals surface area contributed by atoms with E-state index in [0.29, 0.717) is 25.9 Å². The second-order valence-electron chi connectivity index (χ2n) is 9.21. The van der Waals surface area contributed by atoms with Crippen LogP contribution in [0.15, 0.2) is 24.3 Å². The minimum atomic E-state index is -0.667. The van der Waals surface area contributed by atoms with Crippen molar-refractivity contribution in [2.45, 2.75) is 76.4 Å². The number of carbonyl (C=O) groups is 3. The van der Waals surface area contributed by atoms with Gasteiger partial charge >= 0.3 is 6.03 Å². The molecule has 0 aromatic heterocycles. The van der Waals surface area contributed by atoms with Gasteiger partial charge in [-0.3, -0.25) is 19.4 Å². The molecule has 1 spiro atoms. The summed E-state index contributed by atoms with van der Waals surface area (Å²) in [7, 11) is 0. The van der Waals surface area contributed by atoms with Crippen molar-refractivity contribution in [3.8, 4) is 0 Å². The lowest BCUT2D eigenvalue weighted by molar-refractivity contribution is -0.131. The van der Waals surface area contributed by atoms with Crippen molar-refractivity contribution < 1.29 is 14.4 Å². The highest BCUT2D eigenvalue weighted by atomic mass is 16.2. The van der Waals surface area contributed by atoms with Crippen molar-refractivity contribution >= 4 is 17.8 Å². The van der Waals surface area contributed by atoms with Gasteiger partial charge in [0.15, 0.2) is 0 Å². The molecule has 0 atom stereocenters. The monoisotopic (exact) mass is 426 g/mol. The van der Waals surface area contributed by atoms with E-state index in [4.69, 9.17) is 0 Å². The minimum Gasteiger partial charge on any atom is -0.352 e. The van der Waals surface area contributed by atoms with Crippen molar-refractivity contribution in [2.24, 2.45) is 0 Å². The molecule has 0 radical (unpaired) electrons. The second-order valence-corrected chi connectivity index (χ2v) is 9.21. The molecule has 3 aliphatic rings. The van der Waals surface area contributed by atoms with Gasteiger partial charge in [0.05, 0.1) is 0 Å². The van der Waals surface area contributed by atoms with Gasteiger partial charge in [0.25, 0.3) is 5.91 Å². The Hall–Kier alpha value is -2.41. The fourth-order valence-corrected chi connectivity index (χ4v) is 5.02. The number of piperidine rings is 1. The second kappa shape index (κ2) is 9.81. The fourth-order valence-electron chi connectivity index (χ4n) is 5.02. The maximum absolute atomic E-state index is 12.6. The lowest BCUT2D eigenvalue weighted by atomic mass is 9.98. The predicted octanol–water partition coefficient (Wildman–Crippen LogP) is 2.93. The third kappa shape index (κ3) is 5.26. The Morgan fingerprint density at radius 1 is 0.968 bits per heavy atom. The highest BCUT2D eigenvalue weighted by Crippen LogP contribution is 2.35. The molecule has 7 nitrogen and oxygen atoms in total. The number of imide groups is 1. The van der Waals surface area contributed by atoms with E-state index in [9.17, 15) is 14.4 Å². The van der Waals surface area contributed by atoms with Crippen LogP contribution in [0.4, 0.5) is 4.79 Å². The summed E-state index contributed by atoms with van der Waals surface area (Å²) in [5, 5.41) is 5.82. The SMILES string of the molecule is O=C(CCCN1C(=O)NC2(CCCC2)C1=O)NCc1ccc(CN2CCCCC2)cc1. The Balaban J connectivity index is 1.16. The number of benzene rings is 1. The molecule has 2 heterocycles. The summed E-state index contributed by atoms with van der Waals surface area (Å²) in [5.41, 5.74) is 1.72. The molecular formula is C24H34N4O3. The Kier molecular flexibility index (Phi) is 6.90. The summed E-state index contributed by atoms with van der Waals surface area (Å²) in [6.07, 6.45) is 8.12. The van der Waals surface area contributed by atoms with E-state index in [-0.39, 0.29) is 17.8 Å². The molecule has 1 aromatic carbocycles. The Bertz CT molecular complexity index is 796. The Morgan fingerprint density at radius 3 is 2.35 bits per heavy atom. The maximum Gasteiger partial charge on any atom is 0.325 e. The average Bonchev–Trinajstić information content (AvgIpc) is 3.34. The highest BCUT2D eigenvalue weighted by Gasteiger charge is 2.52. The van der Waals surface area contributed by atoms with Crippen LogP contribution in [0.3, 0.4) is 0 Å². The van der Waals surface area contributed by atoms with Gasteiger partial charge < -0.3 is 10.6 Å². The molecule has 31 heavy (non-hydrogen) atoms. The number of amides is 4. The average molecular weight is 427 g/mol. The number of nitrogens with one attached hydrogen (secondary N) is 2. The molecule has 1 aromatic rings. The first-order valence-electron chi connectivity index (χ1n) is 11.8. The molecule has 4 rings (SSSR count). The van der Waals surface area contributed by atoms with Gasteiger partial charge in [0.2, 0.25) is 5.91 Å². The Morgan fingerprint density at radius 2 is 1.65 bits per heavy atom. The standard InChI is InChI=1S/C24H34N4O3/c29-21(7-6-16-28-22(30)24(26-23(28)31)12-2-3-13-24)25-17-19-8-10-20(11-9-19)18-27-14-4-1-5-15-27/h8-11H,1-7,12-18H2,(H,25,29)(H,26,31). The number of hydrogen-bond acceptors (Lipinski definition) is 4. The normalized spacial score (nSPS) is 21.0. The lowest BCUT2D eigenvalue weighted by Gasteiger charge is -2.26. The van der Waals surface area contributed by atoms with Crippen molar-refractivity contribution in [1.29, 1.82) is 0 Å². The van der Waals surface area contributed by atoms with Crippen LogP contribution in [0.25, 0.3) is 0 Å². The molecular weight excluding hydrogens is 392 g/mol. The van der Waals surface area contributed by atoms with Crippen LogP contribution in [0.2, 0.25) is 0 Å². The van der Waals surface area contributed by atoms with Crippen molar-refractivity contribution in [3.63, 3.8) is 0 Å². The molecule has 1 aliphatic carbocycles. The summed E-state index contributed by atoms with van der Waals surface area (Å²) in [5.74, 6) is -0.167. The number of likely N-dealkylation sites (tertiary alicyclic amines) is 1. The summed E-state index contributed by atoms with van der Waals surface area (Å²) >= 11 is 0. The van der Waals surface area contributed by atoms with Crippen LogP contribution >= 0.6 is 0 Å². The topological polar surface area (TPSA) is 81.8 Å². The van der Waals surface area contributed by atoms with E-state index in [0.717, 1.165) is 37.8 Å². The zero-order valence-electron chi connectivity index (χ0n) is 18.3. The fraction of sp³-hybridized carbons (Fsp3) is 0.625. The zero-order chi connectivity index (χ0) is 21.7. The van der Waals surface area contributed by atoms with E-state index < -0.39 is 5.54 Å². The summed E-state index contributed by atoms with van der Waals surface area (Å²) in [6.45, 7) is 4.16. The molecule has 0 unspecified atom stereocenters. The minimum absolute atomic E-state index is 0.0555. The van der Waals surface area contributed by atoms with E-state index in [1.807, 2.05) is 0 Å². The third-order valence-electron chi connectivity index (χ3n) is 6.86. The quantitative estimate of drug-likeness (QED) is 0.626. The van der Waals surface area contributed by atoms with Crippen LogP contribution in [-0.2, 0) is 22.7 Å². The number of hydrogen-bond donors (Lipinski definition) is 2. The van der Waals surface area contributed by atoms with E-state index in [1.165, 1.54) is 42.8 Å². The first kappa shape index (κ1) is 21.8. The van der Waals surface area contributed by atoms with Crippen LogP contribution in [0.1, 0.15) is 68.9 Å². The zero-order valence-corrected chi connectivity index (χ0v) is 18.3. The maximum atomic E-state index is 12.6. The lowest BCUT2D eigenvalue weighted by Crippen LogP contribution is -2.44. The first-order valence-corrected chi connectivity index (χ1v) is 11.8. The molecule has 1 saturated carbocycles. The van der Waals surface area contributed by atoms with Gasteiger partial charge in [-0.2, -0.15) is 0 Å². The van der Waals surface area contributed by atoms with Gasteiger partial charge in [-0.25, -0.2) is 4.79 Å². The number of urea groups is 1. The van der Waals surface area contributed by atoms with Gasteiger partial charge in [-0.05, 0) is 56.3 Å². The van der Waals surface area contributed by atoms with E-state index >= 15 is 0 Å². The van der Waals surface area contributed by atoms with Gasteiger partial charge in [0.1, 0.15) is 5.54 Å². The predicted molar refractivity (Wildman–Crippen MR) is 118 cm³/mol. The molecule has 2 aliphatic heterocycles. The van der Waals surface area contributed by atoms with Crippen LogP contribution in [0.5, 0.6) is 0 Å². The first-order chi connectivity index (χ1) is 15.1. The van der Waals surface area contributed by atoms with Gasteiger partial charge in [0, 0.05) is 26.1 Å². The summed E-state index contributed by atoms with van der Waals surface area (Å²) < 4.78 is 0. The molecule has 3 fully saturated rings. The van der Waals surface area contributed by atoms with Gasteiger partial charge in [-0.15, -0.1) is 0 Å². The summed E-state index contributed by atoms with van der Waals surface area (Å²) in [6, 6.07) is 8.14. The molecule has 2 N–H and O–H groups in total. The van der Waals surface area contributed by atoms with Crippen molar-refractivity contribution in [3.05, 3.63) is 35.4 Å². The number of rotatable bonds is 8. The Labute approximate surface area is 184 Å². The van der Waals surface area contributed by atoms with Crippen molar-refractivity contribution in [2.75, 3.05) is 19.6 Å². The molecule has 168 valence electrons. The largest absolute Gasteiger partial charge is 0.352 e. The van der Waals surface area contributed by atoms with E-state index in [1.54, 1.807) is 0 Å². The van der Waals surface area contributed by atoms with E-state index in [2.05, 4.69) is 39.8 Å². The van der Waals surface area contributed by atoms with Crippen LogP contribution in [0, 0.1) is 0 Å². The molecule has 0 bridgehead atoms. The van der Waals surface area contributed by atoms with Crippen LogP contribution in [-0.4, -0.2) is 52.8 Å². The molecule has 2 saturated heterocycles. The van der Waals surface area contributed by atoms with Crippen molar-refractivity contribution in [1.82, 2.24) is 20.4 Å². The molecule has 7 heteroatoms. The number of carbonyl (C=O) groups excluding carboxylic acids is 3. The smallest absolute Gasteiger partial charge is 0.325 e. The molecule has 4 amide bonds. The number of nitrogens with zero attached hydrogens (tertiary/aromatic N) is 2. The highest BCUT2D eigenvalue weighted by molar-refractivity contribution is 6.07. The van der Waals surface area contributed by atoms with Gasteiger partial charge in [-0.1, -0.05) is 43.5 Å². The summed E-state index contributed by atoms with van der Waals surface area (Å²) in [4.78, 5) is 40.8.